The summed E-state index contributed by atoms with van der Waals surface area (Å²) in [6.45, 7) is 6.74. The molecule has 0 atom stereocenters. The van der Waals surface area contributed by atoms with Gasteiger partial charge in [-0.05, 0) is 45.4 Å². The molecule has 1 saturated heterocycles. The highest BCUT2D eigenvalue weighted by atomic mass is 16.5. The smallest absolute Gasteiger partial charge is 0.219 e. The summed E-state index contributed by atoms with van der Waals surface area (Å²) in [5, 5.41) is 5.34. The highest BCUT2D eigenvalue weighted by molar-refractivity contribution is 5.86. The van der Waals surface area contributed by atoms with Crippen LogP contribution < -0.4 is 9.64 Å². The van der Waals surface area contributed by atoms with Crippen molar-refractivity contribution in [1.82, 2.24) is 29.7 Å². The first-order valence-corrected chi connectivity index (χ1v) is 10.5. The van der Waals surface area contributed by atoms with Gasteiger partial charge in [0.05, 0.1) is 18.2 Å². The number of anilines is 1. The van der Waals surface area contributed by atoms with E-state index in [0.717, 1.165) is 65.7 Å². The maximum Gasteiger partial charge on any atom is 0.219 e. The molecular weight excluding hydrogens is 366 g/mol. The summed E-state index contributed by atoms with van der Waals surface area (Å²) in [7, 11) is 1.91. The number of rotatable bonds is 5. The van der Waals surface area contributed by atoms with Gasteiger partial charge in [0.15, 0.2) is 5.65 Å². The molecule has 1 aliphatic carbocycles. The zero-order chi connectivity index (χ0) is 20.0. The second-order valence-electron chi connectivity index (χ2n) is 8.32. The number of hydrogen-bond acceptors (Lipinski definition) is 7. The first kappa shape index (κ1) is 18.3. The van der Waals surface area contributed by atoms with Crippen molar-refractivity contribution in [1.29, 1.82) is 0 Å². The number of aromatic nitrogens is 6. The highest BCUT2D eigenvalue weighted by Gasteiger charge is 2.28. The van der Waals surface area contributed by atoms with Gasteiger partial charge in [0.2, 0.25) is 5.88 Å². The van der Waals surface area contributed by atoms with Crippen molar-refractivity contribution in [3.05, 3.63) is 29.6 Å². The number of ether oxygens (including phenoxy) is 1. The molecule has 0 aromatic carbocycles. The molecule has 2 aliphatic rings. The van der Waals surface area contributed by atoms with Crippen molar-refractivity contribution in [3.63, 3.8) is 0 Å². The van der Waals surface area contributed by atoms with Crippen molar-refractivity contribution < 1.29 is 4.74 Å². The third-order valence-corrected chi connectivity index (χ3v) is 6.18. The van der Waals surface area contributed by atoms with Gasteiger partial charge in [0, 0.05) is 37.3 Å². The van der Waals surface area contributed by atoms with E-state index < -0.39 is 0 Å². The predicted molar refractivity (Wildman–Crippen MR) is 110 cm³/mol. The average molecular weight is 393 g/mol. The molecule has 3 aromatic rings. The van der Waals surface area contributed by atoms with Gasteiger partial charge in [0.1, 0.15) is 18.0 Å². The van der Waals surface area contributed by atoms with Crippen molar-refractivity contribution in [2.24, 2.45) is 13.0 Å². The van der Waals surface area contributed by atoms with Crippen LogP contribution in [0.5, 0.6) is 5.88 Å². The molecule has 0 radical (unpaired) electrons. The largest absolute Gasteiger partial charge is 0.477 e. The van der Waals surface area contributed by atoms with E-state index in [4.69, 9.17) is 9.72 Å². The van der Waals surface area contributed by atoms with E-state index in [2.05, 4.69) is 38.8 Å². The van der Waals surface area contributed by atoms with Gasteiger partial charge in [-0.2, -0.15) is 10.1 Å². The molecule has 1 saturated carbocycles. The minimum atomic E-state index is 0.525. The van der Waals surface area contributed by atoms with Crippen LogP contribution >= 0.6 is 0 Å². The highest BCUT2D eigenvalue weighted by Crippen LogP contribution is 2.39. The van der Waals surface area contributed by atoms with Crippen LogP contribution in [0, 0.1) is 19.8 Å². The molecule has 0 spiro atoms. The Morgan fingerprint density at radius 1 is 1.07 bits per heavy atom. The topological polar surface area (TPSA) is 81.8 Å². The Hall–Kier alpha value is -2.77. The normalized spacial score (nSPS) is 17.8. The standard InChI is InChI=1S/C21H27N7O/c1-13-14(2)25-18(16-4-5-16)26-21(13)29-11-15-6-8-28(9-7-15)20-17-10-24-27(3)19(17)22-12-23-20/h10,12,15-16H,4-9,11H2,1-3H3. The molecule has 5 rings (SSSR count). The summed E-state index contributed by atoms with van der Waals surface area (Å²) in [5.41, 5.74) is 2.98. The van der Waals surface area contributed by atoms with Gasteiger partial charge >= 0.3 is 0 Å². The fourth-order valence-corrected chi connectivity index (χ4v) is 4.00. The molecule has 1 aliphatic heterocycles. The summed E-state index contributed by atoms with van der Waals surface area (Å²) in [5.74, 6) is 3.78. The lowest BCUT2D eigenvalue weighted by Gasteiger charge is -2.32. The Morgan fingerprint density at radius 2 is 1.86 bits per heavy atom. The lowest BCUT2D eigenvalue weighted by atomic mass is 9.97. The number of nitrogens with zero attached hydrogens (tertiary/aromatic N) is 7. The third kappa shape index (κ3) is 3.52. The minimum Gasteiger partial charge on any atom is -0.477 e. The first-order valence-electron chi connectivity index (χ1n) is 10.5. The monoisotopic (exact) mass is 393 g/mol. The number of aryl methyl sites for hydroxylation is 2. The summed E-state index contributed by atoms with van der Waals surface area (Å²) >= 11 is 0. The third-order valence-electron chi connectivity index (χ3n) is 6.18. The quantitative estimate of drug-likeness (QED) is 0.659. The molecule has 0 bridgehead atoms. The maximum absolute atomic E-state index is 6.18. The van der Waals surface area contributed by atoms with Crippen LogP contribution in [0.15, 0.2) is 12.5 Å². The number of hydrogen-bond donors (Lipinski definition) is 0. The molecule has 0 unspecified atom stereocenters. The van der Waals surface area contributed by atoms with Crippen LogP contribution in [-0.2, 0) is 7.05 Å². The number of fused-ring (bicyclic) bond motifs is 1. The van der Waals surface area contributed by atoms with E-state index in [1.807, 2.05) is 13.2 Å². The lowest BCUT2D eigenvalue weighted by Crippen LogP contribution is -2.36. The summed E-state index contributed by atoms with van der Waals surface area (Å²) in [6.07, 6.45) is 8.04. The van der Waals surface area contributed by atoms with Crippen LogP contribution in [0.2, 0.25) is 0 Å². The predicted octanol–water partition coefficient (Wildman–Crippen LogP) is 2.94. The van der Waals surface area contributed by atoms with Crippen LogP contribution in [0.25, 0.3) is 11.0 Å². The fourth-order valence-electron chi connectivity index (χ4n) is 4.00. The van der Waals surface area contributed by atoms with E-state index >= 15 is 0 Å². The zero-order valence-corrected chi connectivity index (χ0v) is 17.3. The van der Waals surface area contributed by atoms with E-state index in [9.17, 15) is 0 Å². The Labute approximate surface area is 170 Å². The molecule has 29 heavy (non-hydrogen) atoms. The maximum atomic E-state index is 6.18. The van der Waals surface area contributed by atoms with Gasteiger partial charge in [-0.25, -0.2) is 15.0 Å². The summed E-state index contributed by atoms with van der Waals surface area (Å²) in [6, 6.07) is 0. The van der Waals surface area contributed by atoms with Crippen molar-refractivity contribution in [2.45, 2.75) is 45.4 Å². The van der Waals surface area contributed by atoms with Crippen molar-refractivity contribution in [3.8, 4) is 5.88 Å². The van der Waals surface area contributed by atoms with Gasteiger partial charge < -0.3 is 9.64 Å². The summed E-state index contributed by atoms with van der Waals surface area (Å²) < 4.78 is 7.98. The molecule has 8 heteroatoms. The molecule has 0 N–H and O–H groups in total. The molecular formula is C21H27N7O. The Morgan fingerprint density at radius 3 is 2.62 bits per heavy atom. The van der Waals surface area contributed by atoms with Crippen LogP contribution in [0.1, 0.15) is 48.7 Å². The molecule has 0 amide bonds. The van der Waals surface area contributed by atoms with Gasteiger partial charge in [0.25, 0.3) is 0 Å². The van der Waals surface area contributed by atoms with E-state index in [1.165, 1.54) is 12.8 Å². The number of piperidine rings is 1. The minimum absolute atomic E-state index is 0.525. The van der Waals surface area contributed by atoms with Crippen molar-refractivity contribution >= 4 is 16.9 Å². The van der Waals surface area contributed by atoms with E-state index in [1.54, 1.807) is 11.0 Å². The van der Waals surface area contributed by atoms with Crippen LogP contribution in [0.4, 0.5) is 5.82 Å². The van der Waals surface area contributed by atoms with Crippen LogP contribution in [-0.4, -0.2) is 49.4 Å². The average Bonchev–Trinajstić information content (AvgIpc) is 3.52. The van der Waals surface area contributed by atoms with E-state index in [0.29, 0.717) is 18.4 Å². The second-order valence-corrected chi connectivity index (χ2v) is 8.32. The Balaban J connectivity index is 1.23. The molecule has 4 heterocycles. The van der Waals surface area contributed by atoms with Crippen LogP contribution in [0.3, 0.4) is 0 Å². The second kappa shape index (κ2) is 7.24. The van der Waals surface area contributed by atoms with Gasteiger partial charge in [-0.15, -0.1) is 0 Å². The van der Waals surface area contributed by atoms with Gasteiger partial charge in [-0.3, -0.25) is 4.68 Å². The Kier molecular flexibility index (Phi) is 4.56. The zero-order valence-electron chi connectivity index (χ0n) is 17.3. The molecule has 8 nitrogen and oxygen atoms in total. The molecule has 152 valence electrons. The molecule has 2 fully saturated rings. The first-order chi connectivity index (χ1) is 14.1. The lowest BCUT2D eigenvalue weighted by molar-refractivity contribution is 0.213. The molecule has 3 aromatic heterocycles. The van der Waals surface area contributed by atoms with E-state index in [-0.39, 0.29) is 0 Å². The van der Waals surface area contributed by atoms with Crippen molar-refractivity contribution in [2.75, 3.05) is 24.6 Å². The Bertz CT molecular complexity index is 1030. The summed E-state index contributed by atoms with van der Waals surface area (Å²) in [4.78, 5) is 20.6. The van der Waals surface area contributed by atoms with Gasteiger partial charge in [-0.1, -0.05) is 0 Å². The SMILES string of the molecule is Cc1nc(C2CC2)nc(OCC2CCN(c3ncnc4c3cnn4C)CC2)c1C. The fraction of sp³-hybridized carbons (Fsp3) is 0.571.